The molecule has 5 heteroatoms. The molecule has 0 amide bonds. The highest BCUT2D eigenvalue weighted by Gasteiger charge is 2.31. The third-order valence-electron chi connectivity index (χ3n) is 3.66. The summed E-state index contributed by atoms with van der Waals surface area (Å²) in [7, 11) is 0. The largest absolute Gasteiger partial charge is 0.396 e. The van der Waals surface area contributed by atoms with Crippen molar-refractivity contribution in [3.05, 3.63) is 34.9 Å². The van der Waals surface area contributed by atoms with Crippen molar-refractivity contribution in [2.75, 3.05) is 24.6 Å². The number of rotatable bonds is 2. The van der Waals surface area contributed by atoms with Crippen molar-refractivity contribution in [2.24, 2.45) is 5.92 Å². The Hall–Kier alpha value is -1.17. The minimum Gasteiger partial charge on any atom is -0.396 e. The molecule has 0 aliphatic carbocycles. The van der Waals surface area contributed by atoms with Gasteiger partial charge in [0.2, 0.25) is 0 Å². The number of benzene rings is 1. The van der Waals surface area contributed by atoms with E-state index < -0.39 is 6.10 Å². The Kier molecular flexibility index (Phi) is 3.43. The van der Waals surface area contributed by atoms with Gasteiger partial charge in [0.15, 0.2) is 0 Å². The zero-order valence-electron chi connectivity index (χ0n) is 10.3. The van der Waals surface area contributed by atoms with E-state index in [9.17, 15) is 10.2 Å². The van der Waals surface area contributed by atoms with Gasteiger partial charge in [0.05, 0.1) is 18.2 Å². The van der Waals surface area contributed by atoms with Gasteiger partial charge in [-0.15, -0.1) is 0 Å². The van der Waals surface area contributed by atoms with Crippen LogP contribution in [-0.2, 0) is 0 Å². The van der Waals surface area contributed by atoms with E-state index in [1.807, 2.05) is 24.3 Å². The number of aromatic nitrogens is 1. The second kappa shape index (κ2) is 5.07. The Bertz CT molecular complexity index is 605. The predicted octanol–water partition coefficient (Wildman–Crippen LogP) is 1.79. The van der Waals surface area contributed by atoms with Gasteiger partial charge in [-0.1, -0.05) is 15.9 Å². The fraction of sp³-hybridized carbons (Fsp3) is 0.357. The lowest BCUT2D eigenvalue weighted by Gasteiger charge is -2.20. The van der Waals surface area contributed by atoms with Gasteiger partial charge in [-0.2, -0.15) is 0 Å². The third kappa shape index (κ3) is 2.33. The van der Waals surface area contributed by atoms with Crippen LogP contribution in [-0.4, -0.2) is 41.0 Å². The SMILES string of the molecule is OCC1CN(c2ccnc3cc(Br)ccc23)CC1O. The van der Waals surface area contributed by atoms with Gasteiger partial charge >= 0.3 is 0 Å². The molecular weight excluding hydrogens is 308 g/mol. The summed E-state index contributed by atoms with van der Waals surface area (Å²) >= 11 is 3.44. The number of nitrogens with zero attached hydrogens (tertiary/aromatic N) is 2. The van der Waals surface area contributed by atoms with Crippen LogP contribution in [0, 0.1) is 5.92 Å². The minimum absolute atomic E-state index is 0.0201. The lowest BCUT2D eigenvalue weighted by molar-refractivity contribution is 0.104. The van der Waals surface area contributed by atoms with Gasteiger partial charge in [0, 0.05) is 40.8 Å². The van der Waals surface area contributed by atoms with Crippen LogP contribution in [0.3, 0.4) is 0 Å². The summed E-state index contributed by atoms with van der Waals surface area (Å²) in [5, 5.41) is 20.2. The topological polar surface area (TPSA) is 56.6 Å². The Balaban J connectivity index is 2.02. The highest BCUT2D eigenvalue weighted by atomic mass is 79.9. The number of aliphatic hydroxyl groups is 2. The Labute approximate surface area is 119 Å². The zero-order valence-corrected chi connectivity index (χ0v) is 11.9. The van der Waals surface area contributed by atoms with E-state index in [0.29, 0.717) is 13.1 Å². The third-order valence-corrected chi connectivity index (χ3v) is 4.16. The summed E-state index contributed by atoms with van der Waals surface area (Å²) in [4.78, 5) is 6.48. The van der Waals surface area contributed by atoms with Crippen LogP contribution >= 0.6 is 15.9 Å². The first-order chi connectivity index (χ1) is 9.19. The minimum atomic E-state index is -0.469. The highest BCUT2D eigenvalue weighted by molar-refractivity contribution is 9.10. The molecule has 2 aromatic rings. The average molecular weight is 323 g/mol. The summed E-state index contributed by atoms with van der Waals surface area (Å²) in [6.45, 7) is 1.25. The Morgan fingerprint density at radius 3 is 2.89 bits per heavy atom. The summed E-state index contributed by atoms with van der Waals surface area (Å²) in [6.07, 6.45) is 1.31. The van der Waals surface area contributed by atoms with Crippen molar-refractivity contribution in [1.29, 1.82) is 0 Å². The van der Waals surface area contributed by atoms with Crippen molar-refractivity contribution < 1.29 is 10.2 Å². The van der Waals surface area contributed by atoms with Gasteiger partial charge in [-0.25, -0.2) is 0 Å². The van der Waals surface area contributed by atoms with Crippen LogP contribution < -0.4 is 4.90 Å². The van der Waals surface area contributed by atoms with E-state index in [4.69, 9.17) is 0 Å². The zero-order chi connectivity index (χ0) is 13.4. The predicted molar refractivity (Wildman–Crippen MR) is 78.2 cm³/mol. The van der Waals surface area contributed by atoms with Crippen molar-refractivity contribution in [1.82, 2.24) is 4.98 Å². The second-order valence-corrected chi connectivity index (χ2v) is 5.82. The molecule has 1 aliphatic heterocycles. The number of hydrogen-bond donors (Lipinski definition) is 2. The van der Waals surface area contributed by atoms with Gasteiger partial charge in [-0.05, 0) is 24.3 Å². The quantitative estimate of drug-likeness (QED) is 0.885. The first-order valence-electron chi connectivity index (χ1n) is 6.27. The van der Waals surface area contributed by atoms with Crippen LogP contribution in [0.25, 0.3) is 10.9 Å². The fourth-order valence-electron chi connectivity index (χ4n) is 2.61. The first-order valence-corrected chi connectivity index (χ1v) is 7.06. The number of aliphatic hydroxyl groups excluding tert-OH is 2. The monoisotopic (exact) mass is 322 g/mol. The molecule has 3 rings (SSSR count). The molecule has 0 saturated carbocycles. The van der Waals surface area contributed by atoms with Crippen LogP contribution in [0.4, 0.5) is 5.69 Å². The van der Waals surface area contributed by atoms with Crippen LogP contribution in [0.15, 0.2) is 34.9 Å². The summed E-state index contributed by atoms with van der Waals surface area (Å²) in [5.74, 6) is -0.0707. The van der Waals surface area contributed by atoms with Crippen LogP contribution in [0.2, 0.25) is 0 Å². The number of halogens is 1. The lowest BCUT2D eigenvalue weighted by Crippen LogP contribution is -2.21. The van der Waals surface area contributed by atoms with Crippen LogP contribution in [0.1, 0.15) is 0 Å². The van der Waals surface area contributed by atoms with Gasteiger partial charge < -0.3 is 15.1 Å². The molecule has 2 unspecified atom stereocenters. The molecule has 2 N–H and O–H groups in total. The molecule has 0 spiro atoms. The van der Waals surface area contributed by atoms with E-state index in [2.05, 4.69) is 25.8 Å². The molecule has 1 aliphatic rings. The number of pyridine rings is 1. The maximum absolute atomic E-state index is 9.91. The van der Waals surface area contributed by atoms with Crippen LogP contribution in [0.5, 0.6) is 0 Å². The molecule has 100 valence electrons. The fourth-order valence-corrected chi connectivity index (χ4v) is 2.96. The lowest BCUT2D eigenvalue weighted by atomic mass is 10.1. The molecule has 0 bridgehead atoms. The molecule has 19 heavy (non-hydrogen) atoms. The van der Waals surface area contributed by atoms with Crippen molar-refractivity contribution in [3.8, 4) is 0 Å². The van der Waals surface area contributed by atoms with E-state index in [1.165, 1.54) is 0 Å². The summed E-state index contributed by atoms with van der Waals surface area (Å²) < 4.78 is 0.999. The molecule has 1 aromatic carbocycles. The number of β-amino-alcohol motifs (C(OH)–C–C–N with tert-alkyl or cyclic N) is 1. The molecule has 2 atom stereocenters. The molecule has 1 saturated heterocycles. The summed E-state index contributed by atoms with van der Waals surface area (Å²) in [6, 6.07) is 7.96. The summed E-state index contributed by atoms with van der Waals surface area (Å²) in [5.41, 5.74) is 1.99. The first kappa shape index (κ1) is 12.8. The van der Waals surface area contributed by atoms with Gasteiger partial charge in [0.25, 0.3) is 0 Å². The standard InChI is InChI=1S/C14H15BrN2O2/c15-10-1-2-11-12(5-10)16-4-3-13(11)17-6-9(8-18)14(19)7-17/h1-5,9,14,18-19H,6-8H2. The average Bonchev–Trinajstić information content (AvgIpc) is 2.78. The number of anilines is 1. The van der Waals surface area contributed by atoms with Gasteiger partial charge in [0.1, 0.15) is 0 Å². The van der Waals surface area contributed by atoms with E-state index in [1.54, 1.807) is 6.20 Å². The maximum Gasteiger partial charge on any atom is 0.0782 e. The normalized spacial score (nSPS) is 23.2. The van der Waals surface area contributed by atoms with Crippen molar-refractivity contribution in [2.45, 2.75) is 6.10 Å². The van der Waals surface area contributed by atoms with E-state index >= 15 is 0 Å². The Morgan fingerprint density at radius 2 is 2.16 bits per heavy atom. The molecule has 1 fully saturated rings. The Morgan fingerprint density at radius 1 is 1.32 bits per heavy atom. The number of fused-ring (bicyclic) bond motifs is 1. The molecule has 4 nitrogen and oxygen atoms in total. The highest BCUT2D eigenvalue weighted by Crippen LogP contribution is 2.31. The molecule has 1 aromatic heterocycles. The maximum atomic E-state index is 9.91. The van der Waals surface area contributed by atoms with Crippen molar-refractivity contribution in [3.63, 3.8) is 0 Å². The smallest absolute Gasteiger partial charge is 0.0782 e. The van der Waals surface area contributed by atoms with E-state index in [0.717, 1.165) is 21.1 Å². The molecule has 2 heterocycles. The van der Waals surface area contributed by atoms with E-state index in [-0.39, 0.29) is 12.5 Å². The van der Waals surface area contributed by atoms with Crippen molar-refractivity contribution >= 4 is 32.5 Å². The molecular formula is C14H15BrN2O2. The van der Waals surface area contributed by atoms with Gasteiger partial charge in [-0.3, -0.25) is 4.98 Å². The number of hydrogen-bond acceptors (Lipinski definition) is 4. The molecule has 0 radical (unpaired) electrons. The second-order valence-electron chi connectivity index (χ2n) is 4.91.